The van der Waals surface area contributed by atoms with E-state index < -0.39 is 0 Å². The Morgan fingerprint density at radius 2 is 1.94 bits per heavy atom. The maximum atomic E-state index is 11.7. The molecule has 1 amide bonds. The molecule has 0 bridgehead atoms. The standard InChI is InChI=1S/C13H13N3O/c1-13(2,3)7-4-5-8-9-10(7)14-6-15-11(9)12(17)16-8/h4-6H,1-3H3,(H,16,17). The average molecular weight is 227 g/mol. The zero-order valence-electron chi connectivity index (χ0n) is 10.0. The molecule has 1 aromatic carbocycles. The summed E-state index contributed by atoms with van der Waals surface area (Å²) >= 11 is 0. The van der Waals surface area contributed by atoms with Crippen molar-refractivity contribution in [1.29, 1.82) is 0 Å². The molecule has 0 aliphatic carbocycles. The third kappa shape index (κ3) is 1.33. The Labute approximate surface area is 99.1 Å². The highest BCUT2D eigenvalue weighted by atomic mass is 16.2. The monoisotopic (exact) mass is 227 g/mol. The molecule has 1 aromatic heterocycles. The van der Waals surface area contributed by atoms with Crippen LogP contribution < -0.4 is 5.32 Å². The zero-order valence-corrected chi connectivity index (χ0v) is 10.0. The van der Waals surface area contributed by atoms with E-state index in [9.17, 15) is 4.79 Å². The second kappa shape index (κ2) is 3.03. The van der Waals surface area contributed by atoms with Crippen molar-refractivity contribution in [2.24, 2.45) is 0 Å². The van der Waals surface area contributed by atoms with Crippen molar-refractivity contribution in [2.45, 2.75) is 26.2 Å². The number of carbonyl (C=O) groups excluding carboxylic acids is 1. The lowest BCUT2D eigenvalue weighted by atomic mass is 9.85. The van der Waals surface area contributed by atoms with Crippen molar-refractivity contribution in [3.05, 3.63) is 29.7 Å². The van der Waals surface area contributed by atoms with E-state index in [1.807, 2.05) is 12.1 Å². The second-order valence-corrected chi connectivity index (χ2v) is 5.31. The zero-order chi connectivity index (χ0) is 12.2. The molecular formula is C13H13N3O. The highest BCUT2D eigenvalue weighted by Crippen LogP contribution is 2.36. The summed E-state index contributed by atoms with van der Waals surface area (Å²) in [6, 6.07) is 3.96. The highest BCUT2D eigenvalue weighted by Gasteiger charge is 2.27. The first kappa shape index (κ1) is 10.2. The van der Waals surface area contributed by atoms with Crippen molar-refractivity contribution in [1.82, 2.24) is 9.97 Å². The fraction of sp³-hybridized carbons (Fsp3) is 0.308. The van der Waals surface area contributed by atoms with Crippen LogP contribution in [0.2, 0.25) is 0 Å². The molecule has 4 nitrogen and oxygen atoms in total. The van der Waals surface area contributed by atoms with E-state index in [2.05, 4.69) is 36.1 Å². The van der Waals surface area contributed by atoms with Crippen molar-refractivity contribution in [3.63, 3.8) is 0 Å². The van der Waals surface area contributed by atoms with Crippen LogP contribution >= 0.6 is 0 Å². The predicted octanol–water partition coefficient (Wildman–Crippen LogP) is 2.49. The predicted molar refractivity (Wildman–Crippen MR) is 66.2 cm³/mol. The van der Waals surface area contributed by atoms with Gasteiger partial charge in [-0.25, -0.2) is 9.97 Å². The fourth-order valence-electron chi connectivity index (χ4n) is 2.24. The molecule has 0 radical (unpaired) electrons. The van der Waals surface area contributed by atoms with Crippen LogP contribution in [0.15, 0.2) is 18.5 Å². The topological polar surface area (TPSA) is 54.9 Å². The Kier molecular flexibility index (Phi) is 1.82. The van der Waals surface area contributed by atoms with Gasteiger partial charge in [-0.15, -0.1) is 0 Å². The summed E-state index contributed by atoms with van der Waals surface area (Å²) in [6.45, 7) is 6.41. The van der Waals surface area contributed by atoms with Crippen molar-refractivity contribution in [3.8, 4) is 0 Å². The van der Waals surface area contributed by atoms with E-state index in [1.54, 1.807) is 0 Å². The van der Waals surface area contributed by atoms with Crippen molar-refractivity contribution in [2.75, 3.05) is 5.32 Å². The van der Waals surface area contributed by atoms with Gasteiger partial charge in [-0.3, -0.25) is 4.79 Å². The summed E-state index contributed by atoms with van der Waals surface area (Å²) in [5, 5.41) is 3.66. The molecule has 0 spiro atoms. The molecule has 2 heterocycles. The molecule has 0 fully saturated rings. The lowest BCUT2D eigenvalue weighted by Gasteiger charge is -2.20. The van der Waals surface area contributed by atoms with Gasteiger partial charge in [0.2, 0.25) is 0 Å². The average Bonchev–Trinajstić information content (AvgIpc) is 2.57. The molecule has 1 aliphatic heterocycles. The SMILES string of the molecule is CC(C)(C)c1ccc2c3c(ncnc13)C(=O)N2. The number of hydrogen-bond acceptors (Lipinski definition) is 3. The van der Waals surface area contributed by atoms with Crippen LogP contribution in [0.5, 0.6) is 0 Å². The molecule has 3 rings (SSSR count). The van der Waals surface area contributed by atoms with Gasteiger partial charge in [-0.2, -0.15) is 0 Å². The van der Waals surface area contributed by atoms with Crippen LogP contribution in [-0.4, -0.2) is 15.9 Å². The van der Waals surface area contributed by atoms with Crippen LogP contribution in [0, 0.1) is 0 Å². The second-order valence-electron chi connectivity index (χ2n) is 5.31. The first-order chi connectivity index (χ1) is 7.98. The van der Waals surface area contributed by atoms with Gasteiger partial charge in [0.15, 0.2) is 0 Å². The number of carbonyl (C=O) groups is 1. The van der Waals surface area contributed by atoms with Crippen LogP contribution in [0.4, 0.5) is 5.69 Å². The molecule has 0 unspecified atom stereocenters. The Morgan fingerprint density at radius 1 is 1.18 bits per heavy atom. The first-order valence-corrected chi connectivity index (χ1v) is 5.58. The molecule has 0 saturated carbocycles. The number of aromatic nitrogens is 2. The van der Waals surface area contributed by atoms with Gasteiger partial charge in [-0.05, 0) is 17.0 Å². The minimum atomic E-state index is -0.140. The van der Waals surface area contributed by atoms with Gasteiger partial charge in [0.05, 0.1) is 16.6 Å². The molecule has 1 N–H and O–H groups in total. The normalized spacial score (nSPS) is 14.2. The number of hydrogen-bond donors (Lipinski definition) is 1. The summed E-state index contributed by atoms with van der Waals surface area (Å²) in [7, 11) is 0. The molecule has 2 aromatic rings. The third-order valence-corrected chi connectivity index (χ3v) is 3.06. The first-order valence-electron chi connectivity index (χ1n) is 5.58. The quantitative estimate of drug-likeness (QED) is 0.752. The fourth-order valence-corrected chi connectivity index (χ4v) is 2.24. The van der Waals surface area contributed by atoms with E-state index in [0.717, 1.165) is 22.2 Å². The van der Waals surface area contributed by atoms with E-state index >= 15 is 0 Å². The Balaban J connectivity index is 2.45. The summed E-state index contributed by atoms with van der Waals surface area (Å²) in [4.78, 5) is 20.1. The Hall–Kier alpha value is -1.97. The summed E-state index contributed by atoms with van der Waals surface area (Å²) in [5.41, 5.74) is 3.30. The minimum absolute atomic E-state index is 0.00418. The molecule has 17 heavy (non-hydrogen) atoms. The van der Waals surface area contributed by atoms with Crippen molar-refractivity contribution >= 4 is 22.5 Å². The molecule has 1 aliphatic rings. The van der Waals surface area contributed by atoms with E-state index in [4.69, 9.17) is 0 Å². The lowest BCUT2D eigenvalue weighted by Crippen LogP contribution is -2.12. The highest BCUT2D eigenvalue weighted by molar-refractivity contribution is 6.22. The molecule has 86 valence electrons. The molecule has 0 atom stereocenters. The van der Waals surface area contributed by atoms with Crippen LogP contribution in [0.1, 0.15) is 36.8 Å². The maximum Gasteiger partial charge on any atom is 0.275 e. The largest absolute Gasteiger partial charge is 0.320 e. The number of nitrogens with one attached hydrogen (secondary N) is 1. The number of nitrogens with zero attached hydrogens (tertiary/aromatic N) is 2. The molecule has 4 heteroatoms. The lowest BCUT2D eigenvalue weighted by molar-refractivity contribution is 0.102. The molecular weight excluding hydrogens is 214 g/mol. The van der Waals surface area contributed by atoms with Gasteiger partial charge < -0.3 is 5.32 Å². The van der Waals surface area contributed by atoms with Crippen LogP contribution in [0.3, 0.4) is 0 Å². The van der Waals surface area contributed by atoms with Crippen molar-refractivity contribution < 1.29 is 4.79 Å². The Bertz CT molecular complexity index is 641. The maximum absolute atomic E-state index is 11.7. The summed E-state index contributed by atoms with van der Waals surface area (Å²) in [5.74, 6) is -0.140. The Morgan fingerprint density at radius 3 is 2.65 bits per heavy atom. The minimum Gasteiger partial charge on any atom is -0.320 e. The van der Waals surface area contributed by atoms with Gasteiger partial charge in [-0.1, -0.05) is 26.8 Å². The summed E-state index contributed by atoms with van der Waals surface area (Å²) < 4.78 is 0. The number of rotatable bonds is 0. The van der Waals surface area contributed by atoms with Gasteiger partial charge >= 0.3 is 0 Å². The van der Waals surface area contributed by atoms with Gasteiger partial charge in [0.25, 0.3) is 5.91 Å². The number of anilines is 1. The van der Waals surface area contributed by atoms with E-state index in [1.165, 1.54) is 6.33 Å². The number of benzene rings is 1. The van der Waals surface area contributed by atoms with Gasteiger partial charge in [0, 0.05) is 0 Å². The summed E-state index contributed by atoms with van der Waals surface area (Å²) in [6.07, 6.45) is 1.46. The van der Waals surface area contributed by atoms with Gasteiger partial charge in [0.1, 0.15) is 12.0 Å². The number of amides is 1. The van der Waals surface area contributed by atoms with Crippen LogP contribution in [0.25, 0.3) is 10.9 Å². The van der Waals surface area contributed by atoms with E-state index in [-0.39, 0.29) is 11.3 Å². The smallest absolute Gasteiger partial charge is 0.275 e. The molecule has 0 saturated heterocycles. The van der Waals surface area contributed by atoms with E-state index in [0.29, 0.717) is 5.69 Å². The van der Waals surface area contributed by atoms with Crippen LogP contribution in [-0.2, 0) is 5.41 Å². The third-order valence-electron chi connectivity index (χ3n) is 3.06.